The zero-order valence-corrected chi connectivity index (χ0v) is 10.5. The number of aromatic hydroxyl groups is 1. The van der Waals surface area contributed by atoms with E-state index in [1.54, 1.807) is 19.1 Å². The Balaban J connectivity index is 2.31. The zero-order chi connectivity index (χ0) is 12.4. The number of pyridine rings is 1. The molecule has 0 amide bonds. The molecule has 1 heterocycles. The molecule has 0 spiro atoms. The van der Waals surface area contributed by atoms with Crippen molar-refractivity contribution < 1.29 is 14.2 Å². The number of phenols is 1. The second-order valence-corrected chi connectivity index (χ2v) is 4.46. The first-order valence-electron chi connectivity index (χ1n) is 4.84. The number of phenolic OH excluding ortho intramolecular Hbond substituents is 1. The predicted molar refractivity (Wildman–Crippen MR) is 64.8 cm³/mol. The van der Waals surface area contributed by atoms with E-state index >= 15 is 0 Å². The average molecular weight is 298 g/mol. The molecule has 2 rings (SSSR count). The van der Waals surface area contributed by atoms with Crippen LogP contribution in [0.3, 0.4) is 0 Å². The Labute approximate surface area is 106 Å². The summed E-state index contributed by atoms with van der Waals surface area (Å²) >= 11 is 3.11. The van der Waals surface area contributed by atoms with Gasteiger partial charge >= 0.3 is 0 Å². The molecule has 0 bridgehead atoms. The van der Waals surface area contributed by atoms with E-state index in [1.807, 2.05) is 0 Å². The predicted octanol–water partition coefficient (Wildman–Crippen LogP) is 3.79. The molecule has 88 valence electrons. The van der Waals surface area contributed by atoms with Gasteiger partial charge in [0, 0.05) is 16.7 Å². The van der Waals surface area contributed by atoms with Gasteiger partial charge in [0.15, 0.2) is 5.82 Å². The Kier molecular flexibility index (Phi) is 3.28. The van der Waals surface area contributed by atoms with Crippen LogP contribution < -0.4 is 4.74 Å². The number of hydrogen-bond donors (Lipinski definition) is 1. The van der Waals surface area contributed by atoms with E-state index in [2.05, 4.69) is 20.9 Å². The third kappa shape index (κ3) is 2.94. The van der Waals surface area contributed by atoms with Crippen molar-refractivity contribution in [2.75, 3.05) is 0 Å². The van der Waals surface area contributed by atoms with Crippen molar-refractivity contribution in [3.05, 3.63) is 46.3 Å². The molecular formula is C12H9BrFNO2. The Morgan fingerprint density at radius 3 is 2.71 bits per heavy atom. The van der Waals surface area contributed by atoms with E-state index in [0.29, 0.717) is 10.2 Å². The van der Waals surface area contributed by atoms with Crippen molar-refractivity contribution >= 4 is 15.9 Å². The first kappa shape index (κ1) is 11.9. The summed E-state index contributed by atoms with van der Waals surface area (Å²) in [6.45, 7) is 1.80. The van der Waals surface area contributed by atoms with Gasteiger partial charge in [-0.15, -0.1) is 0 Å². The van der Waals surface area contributed by atoms with Crippen LogP contribution in [-0.2, 0) is 0 Å². The summed E-state index contributed by atoms with van der Waals surface area (Å²) < 4.78 is 19.3. The van der Waals surface area contributed by atoms with Crippen molar-refractivity contribution in [1.29, 1.82) is 0 Å². The van der Waals surface area contributed by atoms with Crippen LogP contribution >= 0.6 is 15.9 Å². The number of benzene rings is 1. The molecule has 2 aromatic rings. The smallest absolute Gasteiger partial charge is 0.255 e. The molecule has 0 aliphatic heterocycles. The first-order chi connectivity index (χ1) is 8.04. The molecule has 0 aliphatic rings. The molecular weight excluding hydrogens is 289 g/mol. The van der Waals surface area contributed by atoms with Crippen molar-refractivity contribution in [2.45, 2.75) is 6.92 Å². The summed E-state index contributed by atoms with van der Waals surface area (Å²) in [7, 11) is 0. The van der Waals surface area contributed by atoms with Crippen LogP contribution in [0.25, 0.3) is 0 Å². The number of aryl methyl sites for hydroxylation is 1. The maximum absolute atomic E-state index is 13.5. The Morgan fingerprint density at radius 1 is 1.29 bits per heavy atom. The van der Waals surface area contributed by atoms with E-state index in [-0.39, 0.29) is 11.6 Å². The van der Waals surface area contributed by atoms with E-state index in [1.165, 1.54) is 18.3 Å². The van der Waals surface area contributed by atoms with E-state index in [9.17, 15) is 9.50 Å². The summed E-state index contributed by atoms with van der Waals surface area (Å²) in [6.07, 6.45) is 1.44. The number of aromatic nitrogens is 1. The number of rotatable bonds is 2. The van der Waals surface area contributed by atoms with E-state index in [4.69, 9.17) is 4.74 Å². The minimum Gasteiger partial charge on any atom is -0.508 e. The summed E-state index contributed by atoms with van der Waals surface area (Å²) in [6, 6.07) is 5.93. The summed E-state index contributed by atoms with van der Waals surface area (Å²) in [5.74, 6) is -0.285. The second kappa shape index (κ2) is 4.71. The second-order valence-electron chi connectivity index (χ2n) is 3.55. The maximum atomic E-state index is 13.5. The van der Waals surface area contributed by atoms with Gasteiger partial charge in [0.2, 0.25) is 0 Å². The lowest BCUT2D eigenvalue weighted by Gasteiger charge is -2.07. The molecule has 0 saturated carbocycles. The highest BCUT2D eigenvalue weighted by Crippen LogP contribution is 2.27. The number of nitrogens with zero attached hydrogens (tertiary/aromatic N) is 1. The van der Waals surface area contributed by atoms with Crippen molar-refractivity contribution in [3.63, 3.8) is 0 Å². The standard InChI is InChI=1S/C12H9BrFNO2/c1-7-2-9(16)5-10(3-7)17-12-11(14)4-8(13)6-15-12/h2-6,16H,1H3. The fourth-order valence-electron chi connectivity index (χ4n) is 1.38. The fourth-order valence-corrected chi connectivity index (χ4v) is 1.68. The lowest BCUT2D eigenvalue weighted by Crippen LogP contribution is -1.92. The Hall–Kier alpha value is -1.62. The van der Waals surface area contributed by atoms with Gasteiger partial charge in [-0.3, -0.25) is 0 Å². The van der Waals surface area contributed by atoms with E-state index < -0.39 is 5.82 Å². The third-order valence-electron chi connectivity index (χ3n) is 2.02. The van der Waals surface area contributed by atoms with Crippen LogP contribution in [0.15, 0.2) is 34.9 Å². The Morgan fingerprint density at radius 2 is 2.06 bits per heavy atom. The van der Waals surface area contributed by atoms with E-state index in [0.717, 1.165) is 5.56 Å². The fraction of sp³-hybridized carbons (Fsp3) is 0.0833. The molecule has 5 heteroatoms. The molecule has 0 aliphatic carbocycles. The third-order valence-corrected chi connectivity index (χ3v) is 2.46. The first-order valence-corrected chi connectivity index (χ1v) is 5.63. The summed E-state index contributed by atoms with van der Waals surface area (Å²) in [5, 5.41) is 9.38. The number of ether oxygens (including phenoxy) is 1. The van der Waals surface area contributed by atoms with Gasteiger partial charge in [-0.25, -0.2) is 9.37 Å². The quantitative estimate of drug-likeness (QED) is 0.917. The van der Waals surface area contributed by atoms with Crippen molar-refractivity contribution in [2.24, 2.45) is 0 Å². The normalized spacial score (nSPS) is 10.3. The molecule has 0 atom stereocenters. The van der Waals surface area contributed by atoms with Gasteiger partial charge in [0.25, 0.3) is 5.88 Å². The monoisotopic (exact) mass is 297 g/mol. The van der Waals surface area contributed by atoms with Gasteiger partial charge in [0.05, 0.1) is 0 Å². The van der Waals surface area contributed by atoms with Gasteiger partial charge < -0.3 is 9.84 Å². The van der Waals surface area contributed by atoms with Crippen LogP contribution in [-0.4, -0.2) is 10.1 Å². The lowest BCUT2D eigenvalue weighted by atomic mass is 10.2. The molecule has 17 heavy (non-hydrogen) atoms. The highest BCUT2D eigenvalue weighted by atomic mass is 79.9. The largest absolute Gasteiger partial charge is 0.508 e. The topological polar surface area (TPSA) is 42.4 Å². The molecule has 0 radical (unpaired) electrons. The van der Waals surface area contributed by atoms with Crippen molar-refractivity contribution in [3.8, 4) is 17.4 Å². The van der Waals surface area contributed by atoms with Crippen molar-refractivity contribution in [1.82, 2.24) is 4.98 Å². The number of halogens is 2. The van der Waals surface area contributed by atoms with Gasteiger partial charge in [-0.05, 0) is 46.6 Å². The molecule has 1 aromatic carbocycles. The number of hydrogen-bond acceptors (Lipinski definition) is 3. The van der Waals surface area contributed by atoms with Gasteiger partial charge in [-0.1, -0.05) is 0 Å². The average Bonchev–Trinajstić information content (AvgIpc) is 2.21. The van der Waals surface area contributed by atoms with Crippen LogP contribution in [0.5, 0.6) is 17.4 Å². The molecule has 0 fully saturated rings. The highest BCUT2D eigenvalue weighted by molar-refractivity contribution is 9.10. The molecule has 1 aromatic heterocycles. The van der Waals surface area contributed by atoms with Gasteiger partial charge in [0.1, 0.15) is 11.5 Å². The van der Waals surface area contributed by atoms with Crippen LogP contribution in [0.1, 0.15) is 5.56 Å². The zero-order valence-electron chi connectivity index (χ0n) is 8.95. The highest BCUT2D eigenvalue weighted by Gasteiger charge is 2.08. The lowest BCUT2D eigenvalue weighted by molar-refractivity contribution is 0.415. The molecule has 0 unspecified atom stereocenters. The SMILES string of the molecule is Cc1cc(O)cc(Oc2ncc(Br)cc2F)c1. The summed E-state index contributed by atoms with van der Waals surface area (Å²) in [5.41, 5.74) is 0.817. The minimum atomic E-state index is -0.569. The Bertz CT molecular complexity index is 540. The molecule has 3 nitrogen and oxygen atoms in total. The maximum Gasteiger partial charge on any atom is 0.255 e. The molecule has 1 N–H and O–H groups in total. The van der Waals surface area contributed by atoms with Gasteiger partial charge in [-0.2, -0.15) is 0 Å². The summed E-state index contributed by atoms with van der Waals surface area (Å²) in [4.78, 5) is 3.81. The molecule has 0 saturated heterocycles. The van der Waals surface area contributed by atoms with Crippen LogP contribution in [0.4, 0.5) is 4.39 Å². The minimum absolute atomic E-state index is 0.0671. The van der Waals surface area contributed by atoms with Crippen LogP contribution in [0, 0.1) is 12.7 Å². The van der Waals surface area contributed by atoms with Crippen LogP contribution in [0.2, 0.25) is 0 Å².